The lowest BCUT2D eigenvalue weighted by Crippen LogP contribution is -2.63. The summed E-state index contributed by atoms with van der Waals surface area (Å²) in [7, 11) is 0. The number of rotatable bonds is 2. The van der Waals surface area contributed by atoms with Gasteiger partial charge in [0.1, 0.15) is 0 Å². The van der Waals surface area contributed by atoms with Crippen molar-refractivity contribution in [1.82, 2.24) is 14.7 Å². The molecule has 5 heteroatoms. The fourth-order valence-corrected chi connectivity index (χ4v) is 2.15. The lowest BCUT2D eigenvalue weighted by molar-refractivity contribution is -0.137. The number of hydrogen-bond donors (Lipinski definition) is 0. The van der Waals surface area contributed by atoms with Crippen molar-refractivity contribution in [2.45, 2.75) is 13.0 Å². The molecule has 2 aliphatic heterocycles. The standard InChI is InChI=1S/C10H17N3O2/c1-9(15)13-6-10(7-13)12-4-2-11(8-14)3-5-12/h8,10H,2-7H2,1H3. The highest BCUT2D eigenvalue weighted by Gasteiger charge is 2.34. The predicted octanol–water partition coefficient (Wildman–Crippen LogP) is -1.01. The molecule has 0 atom stereocenters. The van der Waals surface area contributed by atoms with Gasteiger partial charge in [0.15, 0.2) is 0 Å². The first kappa shape index (κ1) is 10.4. The van der Waals surface area contributed by atoms with E-state index in [2.05, 4.69) is 4.90 Å². The van der Waals surface area contributed by atoms with Crippen molar-refractivity contribution in [1.29, 1.82) is 0 Å². The summed E-state index contributed by atoms with van der Waals surface area (Å²) in [6, 6.07) is 0.516. The first-order chi connectivity index (χ1) is 7.20. The average Bonchev–Trinajstić information content (AvgIpc) is 2.16. The summed E-state index contributed by atoms with van der Waals surface area (Å²) in [4.78, 5) is 27.6. The monoisotopic (exact) mass is 211 g/mol. The number of amides is 2. The molecule has 2 fully saturated rings. The summed E-state index contributed by atoms with van der Waals surface area (Å²) in [5.74, 6) is 0.165. The van der Waals surface area contributed by atoms with Gasteiger partial charge in [-0.2, -0.15) is 0 Å². The van der Waals surface area contributed by atoms with Crippen LogP contribution in [0, 0.1) is 0 Å². The minimum atomic E-state index is 0.165. The van der Waals surface area contributed by atoms with Crippen LogP contribution in [0.1, 0.15) is 6.92 Å². The van der Waals surface area contributed by atoms with Gasteiger partial charge in [0, 0.05) is 52.2 Å². The molecule has 0 N–H and O–H groups in total. The Balaban J connectivity index is 1.74. The third-order valence-corrected chi connectivity index (χ3v) is 3.32. The van der Waals surface area contributed by atoms with Crippen LogP contribution in [0.5, 0.6) is 0 Å². The van der Waals surface area contributed by atoms with Gasteiger partial charge < -0.3 is 9.80 Å². The summed E-state index contributed by atoms with van der Waals surface area (Å²) in [5.41, 5.74) is 0. The van der Waals surface area contributed by atoms with Gasteiger partial charge in [-0.25, -0.2) is 0 Å². The summed E-state index contributed by atoms with van der Waals surface area (Å²) < 4.78 is 0. The summed E-state index contributed by atoms with van der Waals surface area (Å²) in [6.07, 6.45) is 0.917. The molecule has 15 heavy (non-hydrogen) atoms. The maximum absolute atomic E-state index is 11.0. The van der Waals surface area contributed by atoms with E-state index in [1.165, 1.54) is 0 Å². The van der Waals surface area contributed by atoms with Crippen LogP contribution in [0.2, 0.25) is 0 Å². The molecule has 2 heterocycles. The van der Waals surface area contributed by atoms with Gasteiger partial charge in [-0.15, -0.1) is 0 Å². The Hall–Kier alpha value is -1.10. The van der Waals surface area contributed by atoms with Crippen LogP contribution in [0.4, 0.5) is 0 Å². The lowest BCUT2D eigenvalue weighted by atomic mass is 10.1. The molecule has 0 aromatic rings. The highest BCUT2D eigenvalue weighted by atomic mass is 16.2. The van der Waals surface area contributed by atoms with E-state index in [0.29, 0.717) is 6.04 Å². The third-order valence-electron chi connectivity index (χ3n) is 3.32. The van der Waals surface area contributed by atoms with E-state index in [1.807, 2.05) is 4.90 Å². The van der Waals surface area contributed by atoms with E-state index in [9.17, 15) is 9.59 Å². The first-order valence-corrected chi connectivity index (χ1v) is 5.39. The van der Waals surface area contributed by atoms with Crippen molar-refractivity contribution >= 4 is 12.3 Å². The molecule has 0 aliphatic carbocycles. The van der Waals surface area contributed by atoms with Crippen molar-refractivity contribution in [3.63, 3.8) is 0 Å². The molecule has 0 unspecified atom stereocenters. The van der Waals surface area contributed by atoms with Crippen LogP contribution in [-0.2, 0) is 9.59 Å². The van der Waals surface area contributed by atoms with Crippen molar-refractivity contribution in [2.24, 2.45) is 0 Å². The molecule has 0 aromatic heterocycles. The first-order valence-electron chi connectivity index (χ1n) is 5.39. The van der Waals surface area contributed by atoms with Crippen LogP contribution in [-0.4, -0.2) is 72.3 Å². The largest absolute Gasteiger partial charge is 0.343 e. The zero-order valence-corrected chi connectivity index (χ0v) is 9.06. The van der Waals surface area contributed by atoms with Crippen LogP contribution in [0.25, 0.3) is 0 Å². The second-order valence-electron chi connectivity index (χ2n) is 4.26. The molecule has 0 aromatic carbocycles. The van der Waals surface area contributed by atoms with Crippen molar-refractivity contribution in [3.05, 3.63) is 0 Å². The minimum Gasteiger partial charge on any atom is -0.343 e. The predicted molar refractivity (Wildman–Crippen MR) is 55.3 cm³/mol. The molecule has 0 bridgehead atoms. The summed E-state index contributed by atoms with van der Waals surface area (Å²) in [6.45, 7) is 6.85. The molecular weight excluding hydrogens is 194 g/mol. The molecule has 2 rings (SSSR count). The Bertz CT molecular complexity index is 255. The van der Waals surface area contributed by atoms with Crippen molar-refractivity contribution < 1.29 is 9.59 Å². The fourth-order valence-electron chi connectivity index (χ4n) is 2.15. The Morgan fingerprint density at radius 2 is 1.80 bits per heavy atom. The van der Waals surface area contributed by atoms with Crippen LogP contribution < -0.4 is 0 Å². The zero-order chi connectivity index (χ0) is 10.8. The van der Waals surface area contributed by atoms with Crippen LogP contribution in [0.15, 0.2) is 0 Å². The second-order valence-corrected chi connectivity index (χ2v) is 4.26. The van der Waals surface area contributed by atoms with Crippen LogP contribution in [0.3, 0.4) is 0 Å². The minimum absolute atomic E-state index is 0.165. The average molecular weight is 211 g/mol. The molecule has 2 amide bonds. The van der Waals surface area contributed by atoms with E-state index in [0.717, 1.165) is 45.7 Å². The Labute approximate surface area is 89.6 Å². The zero-order valence-electron chi connectivity index (χ0n) is 9.06. The van der Waals surface area contributed by atoms with Gasteiger partial charge in [0.25, 0.3) is 0 Å². The Morgan fingerprint density at radius 1 is 1.20 bits per heavy atom. The van der Waals surface area contributed by atoms with Crippen molar-refractivity contribution in [3.8, 4) is 0 Å². The lowest BCUT2D eigenvalue weighted by Gasteiger charge is -2.47. The van der Waals surface area contributed by atoms with E-state index in [1.54, 1.807) is 11.8 Å². The molecule has 84 valence electrons. The Morgan fingerprint density at radius 3 is 2.27 bits per heavy atom. The number of hydrogen-bond acceptors (Lipinski definition) is 3. The maximum atomic E-state index is 11.0. The van der Waals surface area contributed by atoms with Gasteiger partial charge in [-0.05, 0) is 0 Å². The van der Waals surface area contributed by atoms with E-state index >= 15 is 0 Å². The highest BCUT2D eigenvalue weighted by Crippen LogP contribution is 2.16. The van der Waals surface area contributed by atoms with Gasteiger partial charge >= 0.3 is 0 Å². The molecule has 2 aliphatic rings. The van der Waals surface area contributed by atoms with Gasteiger partial charge in [0.2, 0.25) is 12.3 Å². The molecule has 0 saturated carbocycles. The molecule has 2 saturated heterocycles. The van der Waals surface area contributed by atoms with Gasteiger partial charge in [-0.3, -0.25) is 14.5 Å². The third kappa shape index (κ3) is 2.12. The molecule has 0 radical (unpaired) electrons. The molecule has 0 spiro atoms. The number of nitrogens with zero attached hydrogens (tertiary/aromatic N) is 3. The van der Waals surface area contributed by atoms with E-state index in [-0.39, 0.29) is 5.91 Å². The quantitative estimate of drug-likeness (QED) is 0.550. The number of piperazine rings is 1. The molecule has 5 nitrogen and oxygen atoms in total. The normalized spacial score (nSPS) is 23.8. The highest BCUT2D eigenvalue weighted by molar-refractivity contribution is 5.74. The SMILES string of the molecule is CC(=O)N1CC(N2CCN(C=O)CC2)C1. The van der Waals surface area contributed by atoms with E-state index in [4.69, 9.17) is 0 Å². The number of likely N-dealkylation sites (tertiary alicyclic amines) is 1. The van der Waals surface area contributed by atoms with Crippen LogP contribution >= 0.6 is 0 Å². The smallest absolute Gasteiger partial charge is 0.219 e. The van der Waals surface area contributed by atoms with E-state index < -0.39 is 0 Å². The summed E-state index contributed by atoms with van der Waals surface area (Å²) >= 11 is 0. The topological polar surface area (TPSA) is 43.9 Å². The second kappa shape index (κ2) is 4.18. The van der Waals surface area contributed by atoms with Crippen molar-refractivity contribution in [2.75, 3.05) is 39.3 Å². The molecular formula is C10H17N3O2. The van der Waals surface area contributed by atoms with Gasteiger partial charge in [-0.1, -0.05) is 0 Å². The number of carbonyl (C=O) groups excluding carboxylic acids is 2. The van der Waals surface area contributed by atoms with Gasteiger partial charge in [0.05, 0.1) is 0 Å². The Kier molecular flexibility index (Phi) is 2.90. The fraction of sp³-hybridized carbons (Fsp3) is 0.800. The number of carbonyl (C=O) groups is 2. The maximum Gasteiger partial charge on any atom is 0.219 e. The summed E-state index contributed by atoms with van der Waals surface area (Å²) in [5, 5.41) is 0.